The minimum Gasteiger partial charge on any atom is -0.381 e. The third kappa shape index (κ3) is 8.62. The fraction of sp³-hybridized carbons (Fsp3) is 1.00. The highest BCUT2D eigenvalue weighted by atomic mass is 33.1. The summed E-state index contributed by atoms with van der Waals surface area (Å²) in [5, 5.41) is 0. The van der Waals surface area contributed by atoms with Crippen LogP contribution in [-0.4, -0.2) is 31.3 Å². The summed E-state index contributed by atoms with van der Waals surface area (Å²) >= 11 is 0. The van der Waals surface area contributed by atoms with E-state index in [2.05, 4.69) is 0 Å². The van der Waals surface area contributed by atoms with Crippen molar-refractivity contribution >= 4 is 21.6 Å². The van der Waals surface area contributed by atoms with E-state index in [0.29, 0.717) is 0 Å². The predicted octanol–water partition coefficient (Wildman–Crippen LogP) is 1.36. The van der Waals surface area contributed by atoms with Crippen LogP contribution < -0.4 is 5.73 Å². The Morgan fingerprint density at radius 3 is 2.60 bits per heavy atom. The van der Waals surface area contributed by atoms with Crippen LogP contribution in [0.15, 0.2) is 0 Å². The summed E-state index contributed by atoms with van der Waals surface area (Å²) in [6.07, 6.45) is 0. The van der Waals surface area contributed by atoms with Crippen molar-refractivity contribution in [2.45, 2.75) is 6.92 Å². The predicted molar refractivity (Wildman–Crippen MR) is 50.5 cm³/mol. The lowest BCUT2D eigenvalue weighted by Crippen LogP contribution is -2.00. The van der Waals surface area contributed by atoms with Crippen molar-refractivity contribution in [3.05, 3.63) is 0 Å². The molecule has 0 aromatic heterocycles. The van der Waals surface area contributed by atoms with Crippen LogP contribution in [0.4, 0.5) is 0 Å². The highest BCUT2D eigenvalue weighted by Crippen LogP contribution is 2.19. The van der Waals surface area contributed by atoms with Crippen molar-refractivity contribution < 1.29 is 4.74 Å². The van der Waals surface area contributed by atoms with Gasteiger partial charge in [0, 0.05) is 24.7 Å². The SMILES string of the molecule is CCOCCSSCCN. The molecule has 0 aliphatic carbocycles. The molecule has 0 unspecified atom stereocenters. The molecular weight excluding hydrogens is 166 g/mol. The van der Waals surface area contributed by atoms with Crippen LogP contribution in [0.25, 0.3) is 0 Å². The lowest BCUT2D eigenvalue weighted by Gasteiger charge is -1.99. The Labute approximate surface area is 70.7 Å². The normalized spacial score (nSPS) is 10.2. The average Bonchev–Trinajstić information content (AvgIpc) is 1.97. The topological polar surface area (TPSA) is 35.2 Å². The first-order valence-corrected chi connectivity index (χ1v) is 5.92. The van der Waals surface area contributed by atoms with Crippen molar-refractivity contribution in [2.24, 2.45) is 5.73 Å². The molecule has 0 radical (unpaired) electrons. The van der Waals surface area contributed by atoms with Gasteiger partial charge >= 0.3 is 0 Å². The van der Waals surface area contributed by atoms with E-state index in [1.807, 2.05) is 28.5 Å². The molecule has 0 fully saturated rings. The first kappa shape index (κ1) is 10.6. The maximum absolute atomic E-state index is 5.30. The molecule has 0 aromatic carbocycles. The van der Waals surface area contributed by atoms with Gasteiger partial charge in [-0.05, 0) is 6.92 Å². The summed E-state index contributed by atoms with van der Waals surface area (Å²) in [5.41, 5.74) is 5.30. The molecule has 2 nitrogen and oxygen atoms in total. The van der Waals surface area contributed by atoms with Crippen LogP contribution in [0.5, 0.6) is 0 Å². The van der Waals surface area contributed by atoms with E-state index >= 15 is 0 Å². The van der Waals surface area contributed by atoms with Gasteiger partial charge in [0.25, 0.3) is 0 Å². The van der Waals surface area contributed by atoms with E-state index in [9.17, 15) is 0 Å². The first-order valence-electron chi connectivity index (χ1n) is 3.44. The zero-order valence-electron chi connectivity index (χ0n) is 6.34. The van der Waals surface area contributed by atoms with Gasteiger partial charge in [-0.3, -0.25) is 0 Å². The van der Waals surface area contributed by atoms with Crippen LogP contribution in [-0.2, 0) is 4.74 Å². The van der Waals surface area contributed by atoms with E-state index < -0.39 is 0 Å². The number of hydrogen-bond donors (Lipinski definition) is 1. The Kier molecular flexibility index (Phi) is 10.2. The van der Waals surface area contributed by atoms with Crippen molar-refractivity contribution in [3.63, 3.8) is 0 Å². The van der Waals surface area contributed by atoms with Crippen LogP contribution in [0, 0.1) is 0 Å². The van der Waals surface area contributed by atoms with E-state index in [1.165, 1.54) is 0 Å². The molecule has 62 valence electrons. The zero-order valence-corrected chi connectivity index (χ0v) is 7.97. The Bertz CT molecular complexity index is 55.7. The zero-order chi connectivity index (χ0) is 7.66. The van der Waals surface area contributed by atoms with Gasteiger partial charge in [-0.25, -0.2) is 0 Å². The molecule has 2 N–H and O–H groups in total. The van der Waals surface area contributed by atoms with Crippen LogP contribution >= 0.6 is 21.6 Å². The van der Waals surface area contributed by atoms with E-state index in [-0.39, 0.29) is 0 Å². The number of nitrogens with two attached hydrogens (primary N) is 1. The third-order valence-corrected chi connectivity index (χ3v) is 3.20. The third-order valence-electron chi connectivity index (χ3n) is 0.800. The van der Waals surface area contributed by atoms with E-state index in [0.717, 1.165) is 31.3 Å². The second-order valence-electron chi connectivity index (χ2n) is 1.63. The summed E-state index contributed by atoms with van der Waals surface area (Å²) in [4.78, 5) is 0. The van der Waals surface area contributed by atoms with Gasteiger partial charge in [-0.1, -0.05) is 21.6 Å². The Balaban J connectivity index is 2.65. The Morgan fingerprint density at radius 1 is 1.30 bits per heavy atom. The number of ether oxygens (including phenoxy) is 1. The van der Waals surface area contributed by atoms with Crippen molar-refractivity contribution in [3.8, 4) is 0 Å². The molecule has 0 saturated heterocycles. The van der Waals surface area contributed by atoms with Gasteiger partial charge in [-0.2, -0.15) is 0 Å². The molecule has 0 saturated carbocycles. The monoisotopic (exact) mass is 181 g/mol. The fourth-order valence-corrected chi connectivity index (χ4v) is 2.12. The molecule has 0 aromatic rings. The number of hydrogen-bond acceptors (Lipinski definition) is 4. The summed E-state index contributed by atoms with van der Waals surface area (Å²) in [6.45, 7) is 4.46. The highest BCUT2D eigenvalue weighted by molar-refractivity contribution is 8.76. The van der Waals surface area contributed by atoms with Crippen LogP contribution in [0.2, 0.25) is 0 Å². The molecule has 4 heteroatoms. The van der Waals surface area contributed by atoms with Gasteiger partial charge in [0.2, 0.25) is 0 Å². The summed E-state index contributed by atoms with van der Waals surface area (Å²) in [5.74, 6) is 2.11. The van der Waals surface area contributed by atoms with Gasteiger partial charge in [0.1, 0.15) is 0 Å². The largest absolute Gasteiger partial charge is 0.381 e. The maximum atomic E-state index is 5.30. The molecular formula is C6H15NOS2. The van der Waals surface area contributed by atoms with Crippen LogP contribution in [0.1, 0.15) is 6.92 Å². The number of rotatable bonds is 7. The summed E-state index contributed by atoms with van der Waals surface area (Å²) < 4.78 is 5.15. The smallest absolute Gasteiger partial charge is 0.0564 e. The molecule has 0 atom stereocenters. The minimum absolute atomic E-state index is 0.770. The Morgan fingerprint density at radius 2 is 2.00 bits per heavy atom. The quantitative estimate of drug-likeness (QED) is 0.475. The average molecular weight is 181 g/mol. The van der Waals surface area contributed by atoms with Crippen LogP contribution in [0.3, 0.4) is 0 Å². The van der Waals surface area contributed by atoms with Crippen molar-refractivity contribution in [1.29, 1.82) is 0 Å². The molecule has 0 spiro atoms. The molecule has 0 heterocycles. The standard InChI is InChI=1S/C6H15NOS2/c1-2-8-4-6-10-9-5-3-7/h2-7H2,1H3. The minimum atomic E-state index is 0.770. The van der Waals surface area contributed by atoms with E-state index in [4.69, 9.17) is 10.5 Å². The van der Waals surface area contributed by atoms with Gasteiger partial charge in [0.05, 0.1) is 6.61 Å². The van der Waals surface area contributed by atoms with Crippen molar-refractivity contribution in [2.75, 3.05) is 31.3 Å². The molecule has 0 amide bonds. The first-order chi connectivity index (χ1) is 4.91. The summed E-state index contributed by atoms with van der Waals surface area (Å²) in [6, 6.07) is 0. The van der Waals surface area contributed by atoms with Crippen molar-refractivity contribution in [1.82, 2.24) is 0 Å². The van der Waals surface area contributed by atoms with E-state index in [1.54, 1.807) is 0 Å². The lowest BCUT2D eigenvalue weighted by molar-refractivity contribution is 0.165. The molecule has 0 bridgehead atoms. The second-order valence-corrected chi connectivity index (χ2v) is 4.33. The molecule has 0 aliphatic rings. The molecule has 0 rings (SSSR count). The summed E-state index contributed by atoms with van der Waals surface area (Å²) in [7, 11) is 3.64. The van der Waals surface area contributed by atoms with Gasteiger partial charge < -0.3 is 10.5 Å². The van der Waals surface area contributed by atoms with Gasteiger partial charge in [0.15, 0.2) is 0 Å². The maximum Gasteiger partial charge on any atom is 0.0564 e. The highest BCUT2D eigenvalue weighted by Gasteiger charge is 1.87. The molecule has 0 aliphatic heterocycles. The van der Waals surface area contributed by atoms with Gasteiger partial charge in [-0.15, -0.1) is 0 Å². The fourth-order valence-electron chi connectivity index (χ4n) is 0.403. The lowest BCUT2D eigenvalue weighted by atomic mass is 10.8. The molecule has 10 heavy (non-hydrogen) atoms. The Hall–Kier alpha value is 0.620. The second kappa shape index (κ2) is 9.62.